The third-order valence-corrected chi connectivity index (χ3v) is 2.28. The van der Waals surface area contributed by atoms with Crippen molar-refractivity contribution in [3.05, 3.63) is 40.2 Å². The first-order valence-corrected chi connectivity index (χ1v) is 5.16. The Balaban J connectivity index is 2.11. The lowest BCUT2D eigenvalue weighted by molar-refractivity contribution is 0.452. The highest BCUT2D eigenvalue weighted by Gasteiger charge is 2.02. The maximum Gasteiger partial charge on any atom is 0.256 e. The molecule has 0 amide bonds. The highest BCUT2D eigenvalue weighted by Crippen LogP contribution is 2.20. The van der Waals surface area contributed by atoms with Crippen molar-refractivity contribution in [2.75, 3.05) is 11.1 Å². The largest absolute Gasteiger partial charge is 0.506 e. The quantitative estimate of drug-likeness (QED) is 0.395. The third kappa shape index (κ3) is 2.70. The number of nitrogens with one attached hydrogen (secondary N) is 2. The first kappa shape index (κ1) is 11.8. The molecule has 0 aliphatic rings. The van der Waals surface area contributed by atoms with E-state index in [0.29, 0.717) is 12.2 Å². The monoisotopic (exact) mass is 248 g/mol. The fourth-order valence-electron chi connectivity index (χ4n) is 1.41. The molecule has 0 saturated carbocycles. The molecule has 0 saturated heterocycles. The number of H-pyrrole nitrogens is 1. The summed E-state index contributed by atoms with van der Waals surface area (Å²) in [5, 5.41) is 21.4. The number of aromatic nitrogens is 2. The van der Waals surface area contributed by atoms with Gasteiger partial charge in [0.2, 0.25) is 11.8 Å². The minimum Gasteiger partial charge on any atom is -0.506 e. The minimum atomic E-state index is -0.454. The zero-order valence-electron chi connectivity index (χ0n) is 9.34. The maximum absolute atomic E-state index is 11.1. The van der Waals surface area contributed by atoms with E-state index in [-0.39, 0.29) is 17.6 Å². The average molecular weight is 248 g/mol. The average Bonchev–Trinajstić information content (AvgIpc) is 2.29. The molecule has 1 aromatic carbocycles. The van der Waals surface area contributed by atoms with Crippen LogP contribution in [0.2, 0.25) is 0 Å². The van der Waals surface area contributed by atoms with Gasteiger partial charge in [0, 0.05) is 6.54 Å². The Kier molecular flexibility index (Phi) is 3.05. The number of phenolic OH excluding ortho intramolecular Hbond substituents is 1. The zero-order valence-corrected chi connectivity index (χ0v) is 9.34. The number of nitrogens with two attached hydrogens (primary N) is 1. The van der Waals surface area contributed by atoms with E-state index in [2.05, 4.69) is 15.3 Å². The molecule has 0 spiro atoms. The van der Waals surface area contributed by atoms with E-state index in [1.54, 1.807) is 12.1 Å². The Labute approximate surface area is 102 Å². The van der Waals surface area contributed by atoms with Crippen molar-refractivity contribution < 1.29 is 10.2 Å². The summed E-state index contributed by atoms with van der Waals surface area (Å²) in [6.07, 6.45) is 0. The highest BCUT2D eigenvalue weighted by molar-refractivity contribution is 5.53. The molecule has 0 radical (unpaired) electrons. The number of nitrogens with zero attached hydrogens (tertiary/aromatic N) is 1. The van der Waals surface area contributed by atoms with Gasteiger partial charge in [-0.3, -0.25) is 9.78 Å². The molecule has 2 rings (SSSR count). The van der Waals surface area contributed by atoms with Crippen molar-refractivity contribution in [1.29, 1.82) is 0 Å². The predicted octanol–water partition coefficient (Wildman–Crippen LogP) is 0.375. The molecule has 0 aliphatic carbocycles. The number of benzene rings is 1. The van der Waals surface area contributed by atoms with Crippen LogP contribution in [0.25, 0.3) is 0 Å². The van der Waals surface area contributed by atoms with Crippen molar-refractivity contribution >= 4 is 11.6 Å². The van der Waals surface area contributed by atoms with Crippen LogP contribution in [0, 0.1) is 0 Å². The van der Waals surface area contributed by atoms with Crippen LogP contribution in [0.5, 0.6) is 11.6 Å². The number of hydrogen-bond donors (Lipinski definition) is 5. The zero-order chi connectivity index (χ0) is 13.1. The molecule has 6 N–H and O–H groups in total. The van der Waals surface area contributed by atoms with Gasteiger partial charge in [0.05, 0.1) is 11.8 Å². The van der Waals surface area contributed by atoms with E-state index < -0.39 is 5.56 Å². The first-order valence-electron chi connectivity index (χ1n) is 5.16. The van der Waals surface area contributed by atoms with E-state index in [1.807, 2.05) is 0 Å². The van der Waals surface area contributed by atoms with Gasteiger partial charge in [0.1, 0.15) is 5.75 Å². The predicted molar refractivity (Wildman–Crippen MR) is 66.4 cm³/mol. The fourth-order valence-corrected chi connectivity index (χ4v) is 1.41. The van der Waals surface area contributed by atoms with Crippen LogP contribution in [0.15, 0.2) is 29.1 Å². The maximum atomic E-state index is 11.1. The van der Waals surface area contributed by atoms with Crippen molar-refractivity contribution in [3.8, 4) is 11.6 Å². The smallest absolute Gasteiger partial charge is 0.256 e. The van der Waals surface area contributed by atoms with Crippen LogP contribution in [0.3, 0.4) is 0 Å². The second-order valence-electron chi connectivity index (χ2n) is 3.70. The van der Waals surface area contributed by atoms with Gasteiger partial charge < -0.3 is 21.3 Å². The topological polar surface area (TPSA) is 124 Å². The molecular formula is C11H12N4O3. The van der Waals surface area contributed by atoms with E-state index in [9.17, 15) is 9.90 Å². The lowest BCUT2D eigenvalue weighted by Gasteiger charge is -2.06. The summed E-state index contributed by atoms with van der Waals surface area (Å²) < 4.78 is 0. The Hall–Kier alpha value is -2.70. The molecule has 2 aromatic rings. The van der Waals surface area contributed by atoms with Crippen molar-refractivity contribution in [2.24, 2.45) is 0 Å². The number of hydrogen-bond acceptors (Lipinski definition) is 6. The molecule has 0 atom stereocenters. The number of aromatic amines is 1. The van der Waals surface area contributed by atoms with Gasteiger partial charge in [-0.1, -0.05) is 6.07 Å². The molecule has 0 fully saturated rings. The van der Waals surface area contributed by atoms with E-state index in [4.69, 9.17) is 10.8 Å². The van der Waals surface area contributed by atoms with Gasteiger partial charge >= 0.3 is 0 Å². The van der Waals surface area contributed by atoms with Gasteiger partial charge in [0.25, 0.3) is 5.56 Å². The number of rotatable bonds is 3. The summed E-state index contributed by atoms with van der Waals surface area (Å²) in [6, 6.07) is 5.78. The van der Waals surface area contributed by atoms with Gasteiger partial charge in [-0.15, -0.1) is 0 Å². The number of anilines is 2. The number of nitrogen functional groups attached to an aromatic ring is 1. The molecule has 7 nitrogen and oxygen atoms in total. The normalized spacial score (nSPS) is 10.2. The van der Waals surface area contributed by atoms with Crippen LogP contribution < -0.4 is 16.6 Å². The summed E-state index contributed by atoms with van der Waals surface area (Å²) >= 11 is 0. The standard InChI is InChI=1S/C11H12N4O3/c12-7-2-1-6(3-8(7)16)5-13-11-14-9(17)4-10(18)15-11/h1-4,16H,5,12H2,(H3,13,14,15,17,18). The molecule has 0 aliphatic heterocycles. The number of phenols is 1. The summed E-state index contributed by atoms with van der Waals surface area (Å²) in [4.78, 5) is 17.2. The van der Waals surface area contributed by atoms with Crippen molar-refractivity contribution in [3.63, 3.8) is 0 Å². The van der Waals surface area contributed by atoms with Crippen LogP contribution in [-0.2, 0) is 6.54 Å². The third-order valence-electron chi connectivity index (χ3n) is 2.28. The highest BCUT2D eigenvalue weighted by atomic mass is 16.3. The van der Waals surface area contributed by atoms with Gasteiger partial charge in [-0.05, 0) is 17.7 Å². The van der Waals surface area contributed by atoms with Gasteiger partial charge in [0.15, 0.2) is 0 Å². The van der Waals surface area contributed by atoms with Crippen LogP contribution in [0.4, 0.5) is 11.6 Å². The Bertz CT molecular complexity index is 624. The summed E-state index contributed by atoms with van der Waals surface area (Å²) in [6.45, 7) is 0.320. The van der Waals surface area contributed by atoms with Gasteiger partial charge in [-0.2, -0.15) is 4.98 Å². The summed E-state index contributed by atoms with van der Waals surface area (Å²) in [7, 11) is 0. The number of aromatic hydroxyl groups is 2. The lowest BCUT2D eigenvalue weighted by Crippen LogP contribution is -2.11. The molecule has 1 heterocycles. The Morgan fingerprint density at radius 1 is 1.33 bits per heavy atom. The summed E-state index contributed by atoms with van der Waals surface area (Å²) in [5.41, 5.74) is 6.07. The molecule has 1 aromatic heterocycles. The van der Waals surface area contributed by atoms with Crippen LogP contribution >= 0.6 is 0 Å². The molecular weight excluding hydrogens is 236 g/mol. The van der Waals surface area contributed by atoms with Crippen molar-refractivity contribution in [2.45, 2.75) is 6.54 Å². The first-order chi connectivity index (χ1) is 8.54. The molecule has 94 valence electrons. The molecule has 0 unspecified atom stereocenters. The second-order valence-corrected chi connectivity index (χ2v) is 3.70. The van der Waals surface area contributed by atoms with E-state index >= 15 is 0 Å². The minimum absolute atomic E-state index is 0.00772. The van der Waals surface area contributed by atoms with Gasteiger partial charge in [-0.25, -0.2) is 0 Å². The van der Waals surface area contributed by atoms with Crippen LogP contribution in [0.1, 0.15) is 5.56 Å². The lowest BCUT2D eigenvalue weighted by atomic mass is 10.2. The Morgan fingerprint density at radius 2 is 2.11 bits per heavy atom. The SMILES string of the molecule is Nc1ccc(CNc2nc(O)cc(=O)[nH]2)cc1O. The fraction of sp³-hybridized carbons (Fsp3) is 0.0909. The van der Waals surface area contributed by atoms with Crippen LogP contribution in [-0.4, -0.2) is 20.2 Å². The molecule has 0 bridgehead atoms. The van der Waals surface area contributed by atoms with Crippen molar-refractivity contribution in [1.82, 2.24) is 9.97 Å². The molecule has 18 heavy (non-hydrogen) atoms. The Morgan fingerprint density at radius 3 is 2.78 bits per heavy atom. The van der Waals surface area contributed by atoms with E-state index in [1.165, 1.54) is 6.07 Å². The van der Waals surface area contributed by atoms with E-state index in [0.717, 1.165) is 11.6 Å². The second kappa shape index (κ2) is 4.66. The summed E-state index contributed by atoms with van der Waals surface area (Å²) in [5.74, 6) is -0.218. The molecule has 7 heteroatoms.